The van der Waals surface area contributed by atoms with Crippen molar-refractivity contribution < 1.29 is 4.39 Å². The fourth-order valence-corrected chi connectivity index (χ4v) is 2.71. The molecule has 0 fully saturated rings. The molecule has 1 unspecified atom stereocenters. The molecule has 0 spiro atoms. The lowest BCUT2D eigenvalue weighted by Crippen LogP contribution is -2.08. The van der Waals surface area contributed by atoms with E-state index in [-0.39, 0.29) is 11.9 Å². The molecule has 1 atom stereocenters. The standard InChI is InChI=1S/C15H14BrFIN/c1-9-3-5-12(8-15(9)18)19-10(2)13-6-4-11(16)7-14(13)17/h3-8,10,19H,1-2H3. The van der Waals surface area contributed by atoms with E-state index in [1.54, 1.807) is 6.07 Å². The van der Waals surface area contributed by atoms with Crippen LogP contribution in [-0.2, 0) is 0 Å². The van der Waals surface area contributed by atoms with Gasteiger partial charge in [-0.3, -0.25) is 0 Å². The van der Waals surface area contributed by atoms with Crippen LogP contribution >= 0.6 is 38.5 Å². The number of anilines is 1. The second-order valence-electron chi connectivity index (χ2n) is 4.50. The minimum atomic E-state index is -0.198. The highest BCUT2D eigenvalue weighted by molar-refractivity contribution is 14.1. The minimum absolute atomic E-state index is 0.0772. The normalized spacial score (nSPS) is 12.3. The van der Waals surface area contributed by atoms with Gasteiger partial charge in [0.1, 0.15) is 5.82 Å². The molecule has 1 N–H and O–H groups in total. The summed E-state index contributed by atoms with van der Waals surface area (Å²) in [6.45, 7) is 4.03. The molecular formula is C15H14BrFIN. The van der Waals surface area contributed by atoms with Crippen molar-refractivity contribution in [3.63, 3.8) is 0 Å². The molecule has 0 amide bonds. The first-order chi connectivity index (χ1) is 8.97. The molecule has 0 saturated carbocycles. The van der Waals surface area contributed by atoms with E-state index in [0.29, 0.717) is 5.56 Å². The smallest absolute Gasteiger partial charge is 0.129 e. The number of aryl methyl sites for hydroxylation is 1. The van der Waals surface area contributed by atoms with Crippen molar-refractivity contribution in [1.82, 2.24) is 0 Å². The molecule has 2 aromatic carbocycles. The van der Waals surface area contributed by atoms with Crippen LogP contribution in [0.3, 0.4) is 0 Å². The summed E-state index contributed by atoms with van der Waals surface area (Å²) in [5.74, 6) is -0.198. The van der Waals surface area contributed by atoms with Gasteiger partial charge < -0.3 is 5.32 Å². The fraction of sp³-hybridized carbons (Fsp3) is 0.200. The molecule has 0 saturated heterocycles. The molecule has 0 aliphatic carbocycles. The van der Waals surface area contributed by atoms with Gasteiger partial charge in [-0.1, -0.05) is 28.1 Å². The van der Waals surface area contributed by atoms with E-state index >= 15 is 0 Å². The topological polar surface area (TPSA) is 12.0 Å². The third-order valence-corrected chi connectivity index (χ3v) is 4.64. The Kier molecular flexibility index (Phi) is 4.84. The van der Waals surface area contributed by atoms with Gasteiger partial charge in [-0.25, -0.2) is 4.39 Å². The SMILES string of the molecule is Cc1ccc(NC(C)c2ccc(Br)cc2F)cc1I. The molecule has 0 aliphatic rings. The van der Waals surface area contributed by atoms with Crippen molar-refractivity contribution in [3.05, 3.63) is 61.4 Å². The minimum Gasteiger partial charge on any atom is -0.378 e. The maximum atomic E-state index is 13.9. The molecule has 1 nitrogen and oxygen atoms in total. The quantitative estimate of drug-likeness (QED) is 0.614. The molecule has 100 valence electrons. The summed E-state index contributed by atoms with van der Waals surface area (Å²) in [7, 11) is 0. The third kappa shape index (κ3) is 3.69. The summed E-state index contributed by atoms with van der Waals surface area (Å²) in [4.78, 5) is 0. The highest BCUT2D eigenvalue weighted by atomic mass is 127. The van der Waals surface area contributed by atoms with Gasteiger partial charge in [0.05, 0.1) is 6.04 Å². The lowest BCUT2D eigenvalue weighted by Gasteiger charge is -2.17. The van der Waals surface area contributed by atoms with E-state index in [1.165, 1.54) is 15.2 Å². The summed E-state index contributed by atoms with van der Waals surface area (Å²) < 4.78 is 15.8. The number of rotatable bonds is 3. The first kappa shape index (κ1) is 14.8. The summed E-state index contributed by atoms with van der Waals surface area (Å²) in [5.41, 5.74) is 2.91. The van der Waals surface area contributed by atoms with E-state index in [4.69, 9.17) is 0 Å². The molecule has 0 heterocycles. The second-order valence-corrected chi connectivity index (χ2v) is 6.57. The van der Waals surface area contributed by atoms with Gasteiger partial charge >= 0.3 is 0 Å². The molecule has 4 heteroatoms. The van der Waals surface area contributed by atoms with Crippen LogP contribution in [0, 0.1) is 16.3 Å². The van der Waals surface area contributed by atoms with Gasteiger partial charge in [0.15, 0.2) is 0 Å². The van der Waals surface area contributed by atoms with E-state index in [1.807, 2.05) is 19.1 Å². The van der Waals surface area contributed by atoms with Gasteiger partial charge in [-0.05, 0) is 66.3 Å². The number of hydrogen-bond donors (Lipinski definition) is 1. The lowest BCUT2D eigenvalue weighted by atomic mass is 10.1. The monoisotopic (exact) mass is 433 g/mol. The highest BCUT2D eigenvalue weighted by Gasteiger charge is 2.11. The van der Waals surface area contributed by atoms with E-state index in [0.717, 1.165) is 10.2 Å². The van der Waals surface area contributed by atoms with Crippen molar-refractivity contribution in [2.45, 2.75) is 19.9 Å². The predicted molar refractivity (Wildman–Crippen MR) is 90.0 cm³/mol. The van der Waals surface area contributed by atoms with Gasteiger partial charge in [0, 0.05) is 19.3 Å². The number of benzene rings is 2. The highest BCUT2D eigenvalue weighted by Crippen LogP contribution is 2.25. The molecule has 2 rings (SSSR count). The van der Waals surface area contributed by atoms with Crippen LogP contribution in [0.5, 0.6) is 0 Å². The van der Waals surface area contributed by atoms with Crippen molar-refractivity contribution in [2.75, 3.05) is 5.32 Å². The van der Waals surface area contributed by atoms with Crippen molar-refractivity contribution >= 4 is 44.2 Å². The van der Waals surface area contributed by atoms with Gasteiger partial charge in [0.2, 0.25) is 0 Å². The molecular weight excluding hydrogens is 420 g/mol. The fourth-order valence-electron chi connectivity index (χ4n) is 1.86. The lowest BCUT2D eigenvalue weighted by molar-refractivity contribution is 0.599. The van der Waals surface area contributed by atoms with Gasteiger partial charge in [-0.15, -0.1) is 0 Å². The van der Waals surface area contributed by atoms with Crippen LogP contribution in [0.1, 0.15) is 24.1 Å². The van der Waals surface area contributed by atoms with Crippen molar-refractivity contribution in [3.8, 4) is 0 Å². The molecule has 0 bridgehead atoms. The van der Waals surface area contributed by atoms with Crippen molar-refractivity contribution in [1.29, 1.82) is 0 Å². The Morgan fingerprint density at radius 2 is 1.95 bits per heavy atom. The average molecular weight is 434 g/mol. The molecule has 2 aromatic rings. The van der Waals surface area contributed by atoms with Crippen molar-refractivity contribution in [2.24, 2.45) is 0 Å². The van der Waals surface area contributed by atoms with Crippen LogP contribution in [0.25, 0.3) is 0 Å². The Balaban J connectivity index is 2.20. The maximum absolute atomic E-state index is 13.9. The Morgan fingerprint density at radius 3 is 2.58 bits per heavy atom. The summed E-state index contributed by atoms with van der Waals surface area (Å²) in [5, 5.41) is 3.33. The largest absolute Gasteiger partial charge is 0.378 e. The van der Waals surface area contributed by atoms with E-state index in [9.17, 15) is 4.39 Å². The first-order valence-electron chi connectivity index (χ1n) is 5.95. The number of nitrogens with one attached hydrogen (secondary N) is 1. The Hall–Kier alpha value is -0.620. The zero-order valence-electron chi connectivity index (χ0n) is 10.7. The van der Waals surface area contributed by atoms with Crippen LogP contribution in [0.2, 0.25) is 0 Å². The summed E-state index contributed by atoms with van der Waals surface area (Å²) in [6, 6.07) is 11.2. The van der Waals surface area contributed by atoms with Gasteiger partial charge in [0.25, 0.3) is 0 Å². The first-order valence-corrected chi connectivity index (χ1v) is 7.82. The summed E-state index contributed by atoms with van der Waals surface area (Å²) >= 11 is 5.57. The van der Waals surface area contributed by atoms with Gasteiger partial charge in [-0.2, -0.15) is 0 Å². The zero-order valence-corrected chi connectivity index (χ0v) is 14.4. The number of halogens is 3. The second kappa shape index (κ2) is 6.22. The molecule has 19 heavy (non-hydrogen) atoms. The third-order valence-electron chi connectivity index (χ3n) is 2.98. The predicted octanol–water partition coefficient (Wildman–Crippen LogP) is 5.67. The average Bonchev–Trinajstić information content (AvgIpc) is 2.33. The molecule has 0 aliphatic heterocycles. The van der Waals surface area contributed by atoms with E-state index in [2.05, 4.69) is 62.9 Å². The van der Waals surface area contributed by atoms with Crippen LogP contribution in [0.15, 0.2) is 40.9 Å². The van der Waals surface area contributed by atoms with Crippen LogP contribution in [0.4, 0.5) is 10.1 Å². The molecule has 0 aromatic heterocycles. The Labute approximate surface area is 134 Å². The number of hydrogen-bond acceptors (Lipinski definition) is 1. The van der Waals surface area contributed by atoms with Crippen LogP contribution in [-0.4, -0.2) is 0 Å². The zero-order chi connectivity index (χ0) is 14.0. The van der Waals surface area contributed by atoms with Crippen LogP contribution < -0.4 is 5.32 Å². The van der Waals surface area contributed by atoms with E-state index < -0.39 is 0 Å². The Morgan fingerprint density at radius 1 is 1.21 bits per heavy atom. The Bertz CT molecular complexity index is 601. The maximum Gasteiger partial charge on any atom is 0.129 e. The summed E-state index contributed by atoms with van der Waals surface area (Å²) in [6.07, 6.45) is 0. The molecule has 0 radical (unpaired) electrons.